The quantitative estimate of drug-likeness (QED) is 0.571. The van der Waals surface area contributed by atoms with Crippen molar-refractivity contribution >= 4 is 23.4 Å². The van der Waals surface area contributed by atoms with E-state index in [9.17, 15) is 18.4 Å². The Balaban J connectivity index is 3.01. The van der Waals surface area contributed by atoms with Gasteiger partial charge in [0, 0.05) is 19.4 Å². The summed E-state index contributed by atoms with van der Waals surface area (Å²) in [6, 6.07) is 2.06. The van der Waals surface area contributed by atoms with E-state index in [1.54, 1.807) is 6.92 Å². The fourth-order valence-electron chi connectivity index (χ4n) is 1.53. The molecule has 0 radical (unpaired) electrons. The molecular weight excluding hydrogens is 306 g/mol. The first-order valence-electron chi connectivity index (χ1n) is 6.27. The summed E-state index contributed by atoms with van der Waals surface area (Å²) in [7, 11) is 0. The monoisotopic (exact) mass is 320 g/mol. The minimum Gasteiger partial charge on any atom is -0.483 e. The molecule has 1 rings (SSSR count). The minimum absolute atomic E-state index is 0.0603. The van der Waals surface area contributed by atoms with Crippen molar-refractivity contribution in [3.8, 4) is 5.75 Å². The van der Waals surface area contributed by atoms with Crippen molar-refractivity contribution in [2.45, 2.75) is 26.4 Å². The first-order valence-corrected chi connectivity index (χ1v) is 6.65. The molecule has 0 aliphatic heterocycles. The van der Waals surface area contributed by atoms with E-state index < -0.39 is 24.6 Å². The second kappa shape index (κ2) is 7.93. The number of esters is 1. The highest BCUT2D eigenvalue weighted by Gasteiger charge is 2.19. The smallest absolute Gasteiger partial charge is 0.302 e. The summed E-state index contributed by atoms with van der Waals surface area (Å²) in [4.78, 5) is 22.5. The van der Waals surface area contributed by atoms with Crippen LogP contribution in [0.25, 0.3) is 0 Å². The summed E-state index contributed by atoms with van der Waals surface area (Å²) in [5, 5.41) is -0.226. The number of ether oxygens (including phenoxy) is 2. The number of ketones is 1. The highest BCUT2D eigenvalue weighted by Crippen LogP contribution is 2.28. The molecule has 1 aromatic carbocycles. The van der Waals surface area contributed by atoms with Gasteiger partial charge in [-0.3, -0.25) is 9.59 Å². The van der Waals surface area contributed by atoms with Gasteiger partial charge in [-0.25, -0.2) is 8.78 Å². The Morgan fingerprint density at radius 3 is 2.57 bits per heavy atom. The zero-order chi connectivity index (χ0) is 16.0. The molecule has 0 N–H and O–H groups in total. The van der Waals surface area contributed by atoms with Crippen LogP contribution in [0.5, 0.6) is 5.75 Å². The highest BCUT2D eigenvalue weighted by molar-refractivity contribution is 6.31. The van der Waals surface area contributed by atoms with E-state index in [2.05, 4.69) is 4.74 Å². The Morgan fingerprint density at radius 2 is 2.05 bits per heavy atom. The van der Waals surface area contributed by atoms with Gasteiger partial charge in [0.15, 0.2) is 11.9 Å². The van der Waals surface area contributed by atoms with E-state index in [4.69, 9.17) is 16.3 Å². The number of hydrogen-bond acceptors (Lipinski definition) is 4. The summed E-state index contributed by atoms with van der Waals surface area (Å²) < 4.78 is 36.2. The van der Waals surface area contributed by atoms with Crippen molar-refractivity contribution in [3.05, 3.63) is 28.5 Å². The van der Waals surface area contributed by atoms with E-state index in [1.165, 1.54) is 6.92 Å². The van der Waals surface area contributed by atoms with Gasteiger partial charge < -0.3 is 9.47 Å². The van der Waals surface area contributed by atoms with Crippen LogP contribution in [0.3, 0.4) is 0 Å². The Labute approximate surface area is 126 Å². The molecule has 0 fully saturated rings. The maximum absolute atomic E-state index is 13.5. The van der Waals surface area contributed by atoms with Crippen LogP contribution in [0.1, 0.15) is 30.6 Å². The molecule has 116 valence electrons. The van der Waals surface area contributed by atoms with Crippen molar-refractivity contribution < 1.29 is 27.8 Å². The molecule has 1 atom stereocenters. The van der Waals surface area contributed by atoms with Crippen LogP contribution >= 0.6 is 11.6 Å². The number of Topliss-reactive ketones (excluding diaryl/α,β-unsaturated/α-hetero) is 1. The first-order chi connectivity index (χ1) is 9.88. The molecule has 0 aromatic heterocycles. The first kappa shape index (κ1) is 17.4. The second-order valence-electron chi connectivity index (χ2n) is 4.24. The second-order valence-corrected chi connectivity index (χ2v) is 4.64. The highest BCUT2D eigenvalue weighted by atomic mass is 35.5. The standard InChI is InChI=1S/C14H15ClF2O4/c1-3-13(19)10-4-11(15)12(17)5-14(10)21-9(6-16)7-20-8(2)18/h4-5,9H,3,6-7H2,1-2H3. The molecule has 0 saturated carbocycles. The lowest BCUT2D eigenvalue weighted by molar-refractivity contribution is -0.143. The van der Waals surface area contributed by atoms with Gasteiger partial charge in [0.25, 0.3) is 0 Å². The topological polar surface area (TPSA) is 52.6 Å². The Kier molecular flexibility index (Phi) is 6.55. The van der Waals surface area contributed by atoms with Crippen LogP contribution in [-0.4, -0.2) is 31.1 Å². The van der Waals surface area contributed by atoms with E-state index in [-0.39, 0.29) is 35.1 Å². The molecule has 0 saturated heterocycles. The lowest BCUT2D eigenvalue weighted by Gasteiger charge is -2.18. The van der Waals surface area contributed by atoms with Gasteiger partial charge in [-0.15, -0.1) is 0 Å². The Morgan fingerprint density at radius 1 is 1.38 bits per heavy atom. The van der Waals surface area contributed by atoms with Gasteiger partial charge in [0.2, 0.25) is 0 Å². The fourth-order valence-corrected chi connectivity index (χ4v) is 1.70. The maximum Gasteiger partial charge on any atom is 0.302 e. The molecule has 0 amide bonds. The number of halogens is 3. The molecule has 0 spiro atoms. The molecule has 4 nitrogen and oxygen atoms in total. The van der Waals surface area contributed by atoms with Crippen LogP contribution in [0.4, 0.5) is 8.78 Å². The maximum atomic E-state index is 13.5. The molecule has 21 heavy (non-hydrogen) atoms. The van der Waals surface area contributed by atoms with Gasteiger partial charge in [-0.1, -0.05) is 18.5 Å². The molecule has 1 unspecified atom stereocenters. The van der Waals surface area contributed by atoms with E-state index >= 15 is 0 Å². The van der Waals surface area contributed by atoms with Crippen molar-refractivity contribution in [1.29, 1.82) is 0 Å². The summed E-state index contributed by atoms with van der Waals surface area (Å²) in [6.07, 6.45) is -0.972. The van der Waals surface area contributed by atoms with Crippen LogP contribution in [0.2, 0.25) is 5.02 Å². The lowest BCUT2D eigenvalue weighted by Crippen LogP contribution is -2.27. The molecule has 1 aromatic rings. The summed E-state index contributed by atoms with van der Waals surface area (Å²) in [5.74, 6) is -1.83. The zero-order valence-corrected chi connectivity index (χ0v) is 12.4. The molecule has 0 bridgehead atoms. The minimum atomic E-state index is -1.13. The van der Waals surface area contributed by atoms with Crippen molar-refractivity contribution in [2.75, 3.05) is 13.3 Å². The molecule has 0 heterocycles. The van der Waals surface area contributed by atoms with E-state index in [0.717, 1.165) is 12.1 Å². The third kappa shape index (κ3) is 4.97. The third-order valence-electron chi connectivity index (χ3n) is 2.58. The van der Waals surface area contributed by atoms with Gasteiger partial charge >= 0.3 is 5.97 Å². The van der Waals surface area contributed by atoms with Gasteiger partial charge in [-0.2, -0.15) is 0 Å². The lowest BCUT2D eigenvalue weighted by atomic mass is 10.1. The predicted octanol–water partition coefficient (Wildman–Crippen LogP) is 3.35. The fraction of sp³-hybridized carbons (Fsp3) is 0.429. The van der Waals surface area contributed by atoms with Crippen molar-refractivity contribution in [2.24, 2.45) is 0 Å². The number of carbonyl (C=O) groups excluding carboxylic acids is 2. The average Bonchev–Trinajstić information content (AvgIpc) is 2.45. The van der Waals surface area contributed by atoms with Gasteiger partial charge in [0.1, 0.15) is 24.8 Å². The zero-order valence-electron chi connectivity index (χ0n) is 11.6. The number of hydrogen-bond donors (Lipinski definition) is 0. The Hall–Kier alpha value is -1.69. The van der Waals surface area contributed by atoms with Crippen LogP contribution in [0.15, 0.2) is 12.1 Å². The Bertz CT molecular complexity index is 534. The third-order valence-corrected chi connectivity index (χ3v) is 2.87. The van der Waals surface area contributed by atoms with Crippen LogP contribution in [0, 0.1) is 5.82 Å². The molecule has 7 heteroatoms. The largest absolute Gasteiger partial charge is 0.483 e. The van der Waals surface area contributed by atoms with Crippen LogP contribution < -0.4 is 4.74 Å². The molecular formula is C14H15ClF2O4. The van der Waals surface area contributed by atoms with Gasteiger partial charge in [0.05, 0.1) is 10.6 Å². The predicted molar refractivity (Wildman–Crippen MR) is 73.1 cm³/mol. The summed E-state index contributed by atoms with van der Waals surface area (Å²) in [6.45, 7) is 1.49. The number of carbonyl (C=O) groups is 2. The van der Waals surface area contributed by atoms with Gasteiger partial charge in [-0.05, 0) is 6.07 Å². The number of alkyl halides is 1. The van der Waals surface area contributed by atoms with Crippen LogP contribution in [-0.2, 0) is 9.53 Å². The van der Waals surface area contributed by atoms with Crippen molar-refractivity contribution in [1.82, 2.24) is 0 Å². The average molecular weight is 321 g/mol. The SMILES string of the molecule is CCC(=O)c1cc(Cl)c(F)cc1OC(CF)COC(C)=O. The normalized spacial score (nSPS) is 11.9. The van der Waals surface area contributed by atoms with E-state index in [0.29, 0.717) is 0 Å². The number of benzene rings is 1. The number of rotatable bonds is 7. The van der Waals surface area contributed by atoms with E-state index in [1.807, 2.05) is 0 Å². The molecule has 0 aliphatic carbocycles. The summed E-state index contributed by atoms with van der Waals surface area (Å²) in [5.41, 5.74) is 0.0603. The summed E-state index contributed by atoms with van der Waals surface area (Å²) >= 11 is 5.63. The molecule has 0 aliphatic rings. The van der Waals surface area contributed by atoms with Crippen molar-refractivity contribution in [3.63, 3.8) is 0 Å².